The highest BCUT2D eigenvalue weighted by molar-refractivity contribution is 5.93. The molecule has 0 bridgehead atoms. The molecular formula is C15H24N4. The van der Waals surface area contributed by atoms with Gasteiger partial charge in [-0.1, -0.05) is 38.3 Å². The lowest BCUT2D eigenvalue weighted by atomic mass is 9.96. The van der Waals surface area contributed by atoms with Crippen LogP contribution in [0, 0.1) is 0 Å². The van der Waals surface area contributed by atoms with E-state index in [-0.39, 0.29) is 0 Å². The maximum absolute atomic E-state index is 5.57. The summed E-state index contributed by atoms with van der Waals surface area (Å²) in [6.07, 6.45) is 7.25. The number of aliphatic imine (C=N–C) groups is 1. The molecular weight excluding hydrogens is 236 g/mol. The first-order valence-electron chi connectivity index (χ1n) is 7.22. The van der Waals surface area contributed by atoms with Crippen molar-refractivity contribution in [2.75, 3.05) is 5.32 Å². The molecule has 1 aliphatic rings. The van der Waals surface area contributed by atoms with E-state index in [1.165, 1.54) is 37.7 Å². The van der Waals surface area contributed by atoms with E-state index in [0.717, 1.165) is 12.1 Å². The normalized spacial score (nSPS) is 17.3. The molecule has 0 aromatic heterocycles. The summed E-state index contributed by atoms with van der Waals surface area (Å²) in [7, 11) is 0. The van der Waals surface area contributed by atoms with Crippen molar-refractivity contribution in [1.82, 2.24) is 5.43 Å². The lowest BCUT2D eigenvalue weighted by molar-refractivity contribution is 0.442. The van der Waals surface area contributed by atoms with Gasteiger partial charge in [0.2, 0.25) is 5.96 Å². The molecule has 1 saturated carbocycles. The quantitative estimate of drug-likeness (QED) is 0.339. The molecule has 4 heteroatoms. The number of hydrazine groups is 1. The second-order valence-corrected chi connectivity index (χ2v) is 5.09. The average Bonchev–Trinajstić information content (AvgIpc) is 2.48. The molecule has 104 valence electrons. The van der Waals surface area contributed by atoms with Gasteiger partial charge in [0.15, 0.2) is 0 Å². The fourth-order valence-corrected chi connectivity index (χ4v) is 2.50. The summed E-state index contributed by atoms with van der Waals surface area (Å²) in [5.41, 5.74) is 5.01. The second kappa shape index (κ2) is 7.14. The predicted molar refractivity (Wildman–Crippen MR) is 81.1 cm³/mol. The molecule has 2 rings (SSSR count). The third kappa shape index (κ3) is 4.24. The van der Waals surface area contributed by atoms with Crippen molar-refractivity contribution in [3.63, 3.8) is 0 Å². The number of nitrogens with zero attached hydrogens (tertiary/aromatic N) is 1. The number of guanidine groups is 1. The van der Waals surface area contributed by atoms with Crippen LogP contribution >= 0.6 is 0 Å². The van der Waals surface area contributed by atoms with E-state index < -0.39 is 0 Å². The fourth-order valence-electron chi connectivity index (χ4n) is 2.50. The minimum Gasteiger partial charge on any atom is -0.325 e. The number of rotatable bonds is 3. The fraction of sp³-hybridized carbons (Fsp3) is 0.533. The van der Waals surface area contributed by atoms with Gasteiger partial charge in [0, 0.05) is 5.69 Å². The molecule has 0 heterocycles. The highest BCUT2D eigenvalue weighted by atomic mass is 15.3. The number of anilines is 1. The van der Waals surface area contributed by atoms with E-state index in [1.54, 1.807) is 0 Å². The van der Waals surface area contributed by atoms with Crippen LogP contribution in [0.3, 0.4) is 0 Å². The molecule has 0 unspecified atom stereocenters. The first-order chi connectivity index (χ1) is 9.31. The molecule has 0 aliphatic heterocycles. The van der Waals surface area contributed by atoms with Gasteiger partial charge in [-0.05, 0) is 37.0 Å². The summed E-state index contributed by atoms with van der Waals surface area (Å²) in [4.78, 5) is 4.67. The van der Waals surface area contributed by atoms with Crippen LogP contribution < -0.4 is 16.6 Å². The standard InChI is InChI=1S/C15H24N4/c1-2-12-7-6-10-14(11-12)18-15(19-16)17-13-8-4-3-5-9-13/h6-7,10-11,13H,2-5,8-9,16H2,1H3,(H2,17,18,19). The van der Waals surface area contributed by atoms with Crippen LogP contribution in [0.2, 0.25) is 0 Å². The highest BCUT2D eigenvalue weighted by Crippen LogP contribution is 2.20. The number of hydrogen-bond acceptors (Lipinski definition) is 2. The molecule has 0 saturated heterocycles. The van der Waals surface area contributed by atoms with Crippen LogP contribution in [0.4, 0.5) is 5.69 Å². The Bertz CT molecular complexity index is 422. The molecule has 1 aliphatic carbocycles. The molecule has 0 radical (unpaired) electrons. The van der Waals surface area contributed by atoms with Crippen LogP contribution in [-0.4, -0.2) is 12.0 Å². The van der Waals surface area contributed by atoms with Gasteiger partial charge in [0.05, 0.1) is 6.04 Å². The van der Waals surface area contributed by atoms with Crippen LogP contribution in [-0.2, 0) is 6.42 Å². The van der Waals surface area contributed by atoms with Gasteiger partial charge in [0.25, 0.3) is 0 Å². The molecule has 4 nitrogen and oxygen atoms in total. The zero-order valence-electron chi connectivity index (χ0n) is 11.7. The lowest BCUT2D eigenvalue weighted by Crippen LogP contribution is -2.37. The minimum absolute atomic E-state index is 0.404. The van der Waals surface area contributed by atoms with E-state index in [1.807, 2.05) is 6.07 Å². The maximum Gasteiger partial charge on any atom is 0.210 e. The van der Waals surface area contributed by atoms with Gasteiger partial charge in [-0.2, -0.15) is 0 Å². The number of benzene rings is 1. The molecule has 1 aromatic rings. The lowest BCUT2D eigenvalue weighted by Gasteiger charge is -2.19. The topological polar surface area (TPSA) is 62.4 Å². The third-order valence-electron chi connectivity index (χ3n) is 3.62. The van der Waals surface area contributed by atoms with E-state index in [4.69, 9.17) is 5.84 Å². The number of aryl methyl sites for hydroxylation is 1. The first-order valence-corrected chi connectivity index (χ1v) is 7.22. The maximum atomic E-state index is 5.57. The molecule has 0 amide bonds. The molecule has 1 aromatic carbocycles. The molecule has 0 atom stereocenters. The SMILES string of the molecule is CCc1cccc(NC(=NC2CCCCC2)NN)c1. The highest BCUT2D eigenvalue weighted by Gasteiger charge is 2.13. The Balaban J connectivity index is 2.02. The zero-order chi connectivity index (χ0) is 13.5. The van der Waals surface area contributed by atoms with Crippen molar-refractivity contribution >= 4 is 11.6 Å². The number of nitrogens with one attached hydrogen (secondary N) is 2. The van der Waals surface area contributed by atoms with Crippen molar-refractivity contribution in [1.29, 1.82) is 0 Å². The van der Waals surface area contributed by atoms with Gasteiger partial charge < -0.3 is 5.32 Å². The summed E-state index contributed by atoms with van der Waals surface area (Å²) in [6, 6.07) is 8.75. The zero-order valence-corrected chi connectivity index (χ0v) is 11.7. The summed E-state index contributed by atoms with van der Waals surface area (Å²) in [5, 5.41) is 3.26. The van der Waals surface area contributed by atoms with Crippen molar-refractivity contribution in [3.05, 3.63) is 29.8 Å². The van der Waals surface area contributed by atoms with Gasteiger partial charge in [-0.3, -0.25) is 5.43 Å². The first kappa shape index (κ1) is 13.9. The van der Waals surface area contributed by atoms with Crippen LogP contribution in [0.25, 0.3) is 0 Å². The Labute approximate surface area is 115 Å². The molecule has 1 fully saturated rings. The van der Waals surface area contributed by atoms with Crippen molar-refractivity contribution in [2.45, 2.75) is 51.5 Å². The second-order valence-electron chi connectivity index (χ2n) is 5.09. The molecule has 4 N–H and O–H groups in total. The minimum atomic E-state index is 0.404. The van der Waals surface area contributed by atoms with Gasteiger partial charge >= 0.3 is 0 Å². The van der Waals surface area contributed by atoms with Gasteiger partial charge in [-0.25, -0.2) is 10.8 Å². The van der Waals surface area contributed by atoms with E-state index in [9.17, 15) is 0 Å². The van der Waals surface area contributed by atoms with Crippen molar-refractivity contribution < 1.29 is 0 Å². The van der Waals surface area contributed by atoms with Crippen molar-refractivity contribution in [2.24, 2.45) is 10.8 Å². The summed E-state index contributed by atoms with van der Waals surface area (Å²) >= 11 is 0. The van der Waals surface area contributed by atoms with Gasteiger partial charge in [-0.15, -0.1) is 0 Å². The van der Waals surface area contributed by atoms with E-state index in [2.05, 4.69) is 40.9 Å². The Morgan fingerprint density at radius 2 is 2.11 bits per heavy atom. The van der Waals surface area contributed by atoms with E-state index >= 15 is 0 Å². The predicted octanol–water partition coefficient (Wildman–Crippen LogP) is 2.81. The summed E-state index contributed by atoms with van der Waals surface area (Å²) in [6.45, 7) is 2.15. The summed E-state index contributed by atoms with van der Waals surface area (Å²) in [5.74, 6) is 6.23. The Morgan fingerprint density at radius 1 is 1.32 bits per heavy atom. The molecule has 19 heavy (non-hydrogen) atoms. The van der Waals surface area contributed by atoms with E-state index in [0.29, 0.717) is 12.0 Å². The van der Waals surface area contributed by atoms with Crippen molar-refractivity contribution in [3.8, 4) is 0 Å². The smallest absolute Gasteiger partial charge is 0.210 e. The molecule has 0 spiro atoms. The Morgan fingerprint density at radius 3 is 2.79 bits per heavy atom. The third-order valence-corrected chi connectivity index (χ3v) is 3.62. The van der Waals surface area contributed by atoms with Crippen LogP contribution in [0.1, 0.15) is 44.6 Å². The average molecular weight is 260 g/mol. The Hall–Kier alpha value is -1.55. The Kier molecular flexibility index (Phi) is 5.21. The van der Waals surface area contributed by atoms with Crippen LogP contribution in [0.5, 0.6) is 0 Å². The monoisotopic (exact) mass is 260 g/mol. The van der Waals surface area contributed by atoms with Gasteiger partial charge in [0.1, 0.15) is 0 Å². The number of hydrogen-bond donors (Lipinski definition) is 3. The largest absolute Gasteiger partial charge is 0.325 e. The van der Waals surface area contributed by atoms with Crippen LogP contribution in [0.15, 0.2) is 29.3 Å². The summed E-state index contributed by atoms with van der Waals surface area (Å²) < 4.78 is 0. The number of nitrogens with two attached hydrogens (primary N) is 1.